The highest BCUT2D eigenvalue weighted by Gasteiger charge is 2.50. The summed E-state index contributed by atoms with van der Waals surface area (Å²) in [6.07, 6.45) is 0.288. The molecule has 0 aliphatic carbocycles. The SMILES string of the molecule is CCC(=O)O[C@]1(CC)C(=O)OCc2c1cc1n(c2=O)Cc2cc3ccccc3nc2-1. The molecule has 0 saturated carbocycles. The molecule has 0 N–H and O–H groups in total. The lowest BCUT2D eigenvalue weighted by Gasteiger charge is -2.35. The molecule has 5 rings (SSSR count). The normalized spacial score (nSPS) is 19.1. The van der Waals surface area contributed by atoms with E-state index in [1.807, 2.05) is 30.3 Å². The van der Waals surface area contributed by atoms with Crippen molar-refractivity contribution in [3.8, 4) is 11.4 Å². The molecule has 1 aromatic carbocycles. The van der Waals surface area contributed by atoms with Gasteiger partial charge in [0, 0.05) is 22.9 Å². The molecule has 0 fully saturated rings. The Kier molecular flexibility index (Phi) is 4.03. The van der Waals surface area contributed by atoms with Crippen LogP contribution in [0, 0.1) is 0 Å². The maximum Gasteiger partial charge on any atom is 0.355 e. The fraction of sp³-hybridized carbons (Fsp3) is 0.304. The molecule has 0 amide bonds. The monoisotopic (exact) mass is 404 g/mol. The molecule has 0 bridgehead atoms. The second-order valence-electron chi connectivity index (χ2n) is 7.59. The molecular weight excluding hydrogens is 384 g/mol. The van der Waals surface area contributed by atoms with Crippen molar-refractivity contribution < 1.29 is 19.1 Å². The number of cyclic esters (lactones) is 1. The summed E-state index contributed by atoms with van der Waals surface area (Å²) in [5.74, 6) is -1.17. The number of benzene rings is 1. The summed E-state index contributed by atoms with van der Waals surface area (Å²) in [5, 5.41) is 1.00. The number of nitrogens with zero attached hydrogens (tertiary/aromatic N) is 2. The van der Waals surface area contributed by atoms with E-state index < -0.39 is 17.5 Å². The molecular formula is C23H20N2O5. The zero-order valence-corrected chi connectivity index (χ0v) is 16.7. The van der Waals surface area contributed by atoms with Crippen LogP contribution in [0.1, 0.15) is 43.4 Å². The van der Waals surface area contributed by atoms with Gasteiger partial charge in [0.2, 0.25) is 5.60 Å². The summed E-state index contributed by atoms with van der Waals surface area (Å²) in [5.41, 5.74) is 1.99. The molecule has 2 aliphatic rings. The molecule has 0 unspecified atom stereocenters. The van der Waals surface area contributed by atoms with Crippen LogP contribution in [-0.4, -0.2) is 21.5 Å². The number of carbonyl (C=O) groups is 2. The molecule has 7 nitrogen and oxygen atoms in total. The molecule has 0 radical (unpaired) electrons. The van der Waals surface area contributed by atoms with Crippen LogP contribution in [0.3, 0.4) is 0 Å². The highest BCUT2D eigenvalue weighted by Crippen LogP contribution is 2.41. The largest absolute Gasteiger partial charge is 0.457 e. The van der Waals surface area contributed by atoms with E-state index >= 15 is 0 Å². The van der Waals surface area contributed by atoms with E-state index in [0.29, 0.717) is 29.1 Å². The van der Waals surface area contributed by atoms with Crippen LogP contribution < -0.4 is 5.56 Å². The van der Waals surface area contributed by atoms with Gasteiger partial charge in [-0.3, -0.25) is 9.59 Å². The predicted octanol–water partition coefficient (Wildman–Crippen LogP) is 3.04. The number of hydrogen-bond donors (Lipinski definition) is 0. The first-order chi connectivity index (χ1) is 14.5. The summed E-state index contributed by atoms with van der Waals surface area (Å²) in [4.78, 5) is 43.0. The Balaban J connectivity index is 1.77. The van der Waals surface area contributed by atoms with E-state index in [-0.39, 0.29) is 25.0 Å². The number of para-hydroxylation sites is 1. The first-order valence-electron chi connectivity index (χ1n) is 10.0. The zero-order valence-electron chi connectivity index (χ0n) is 16.7. The standard InChI is InChI=1S/C23H20N2O5/c1-3-19(26)30-23(4-2)16-10-18-20-14(9-13-7-5-6-8-17(13)24-20)11-25(18)21(27)15(16)12-29-22(23)28/h5-10H,3-4,11-12H2,1-2H3/t23-/m0/s1. The third-order valence-corrected chi connectivity index (χ3v) is 5.96. The van der Waals surface area contributed by atoms with Gasteiger partial charge in [-0.15, -0.1) is 0 Å². The van der Waals surface area contributed by atoms with Gasteiger partial charge in [-0.05, 0) is 24.6 Å². The maximum atomic E-state index is 13.3. The average Bonchev–Trinajstić information content (AvgIpc) is 3.12. The molecule has 1 atom stereocenters. The average molecular weight is 404 g/mol. The number of esters is 2. The molecule has 3 aromatic rings. The third kappa shape index (κ3) is 2.44. The summed E-state index contributed by atoms with van der Waals surface area (Å²) < 4.78 is 12.5. The van der Waals surface area contributed by atoms with Crippen LogP contribution in [0.15, 0.2) is 41.2 Å². The van der Waals surface area contributed by atoms with Crippen LogP contribution in [0.2, 0.25) is 0 Å². The number of ether oxygens (including phenoxy) is 2. The lowest BCUT2D eigenvalue weighted by Crippen LogP contribution is -2.47. The number of rotatable bonds is 3. The lowest BCUT2D eigenvalue weighted by atomic mass is 9.85. The van der Waals surface area contributed by atoms with E-state index in [0.717, 1.165) is 16.5 Å². The highest BCUT2D eigenvalue weighted by atomic mass is 16.6. The third-order valence-electron chi connectivity index (χ3n) is 5.96. The Morgan fingerprint density at radius 3 is 2.80 bits per heavy atom. The first kappa shape index (κ1) is 18.5. The molecule has 7 heteroatoms. The predicted molar refractivity (Wildman–Crippen MR) is 109 cm³/mol. The summed E-state index contributed by atoms with van der Waals surface area (Å²) >= 11 is 0. The second kappa shape index (κ2) is 6.52. The Bertz CT molecular complexity index is 1290. The molecule has 2 aromatic heterocycles. The molecule has 4 heterocycles. The summed E-state index contributed by atoms with van der Waals surface area (Å²) in [6.45, 7) is 3.66. The van der Waals surface area contributed by atoms with Gasteiger partial charge in [0.1, 0.15) is 6.61 Å². The van der Waals surface area contributed by atoms with Crippen molar-refractivity contribution in [2.75, 3.05) is 0 Å². The fourth-order valence-corrected chi connectivity index (χ4v) is 4.35. The molecule has 0 spiro atoms. The highest BCUT2D eigenvalue weighted by molar-refractivity contribution is 5.88. The fourth-order valence-electron chi connectivity index (χ4n) is 4.35. The van der Waals surface area contributed by atoms with Crippen molar-refractivity contribution in [3.05, 3.63) is 63.4 Å². The minimum absolute atomic E-state index is 0.116. The van der Waals surface area contributed by atoms with Gasteiger partial charge in [-0.2, -0.15) is 0 Å². The van der Waals surface area contributed by atoms with Gasteiger partial charge in [0.05, 0.1) is 29.0 Å². The molecule has 30 heavy (non-hydrogen) atoms. The molecule has 152 valence electrons. The summed E-state index contributed by atoms with van der Waals surface area (Å²) in [7, 11) is 0. The van der Waals surface area contributed by atoms with E-state index in [2.05, 4.69) is 0 Å². The number of carbonyl (C=O) groups excluding carboxylic acids is 2. The smallest absolute Gasteiger partial charge is 0.355 e. The van der Waals surface area contributed by atoms with Crippen LogP contribution in [0.25, 0.3) is 22.3 Å². The Morgan fingerprint density at radius 2 is 2.03 bits per heavy atom. The van der Waals surface area contributed by atoms with Crippen LogP contribution in [0.5, 0.6) is 0 Å². The van der Waals surface area contributed by atoms with E-state index in [1.165, 1.54) is 0 Å². The minimum Gasteiger partial charge on any atom is -0.457 e. The maximum absolute atomic E-state index is 13.3. The van der Waals surface area contributed by atoms with Crippen molar-refractivity contribution in [3.63, 3.8) is 0 Å². The van der Waals surface area contributed by atoms with Crippen molar-refractivity contribution in [1.82, 2.24) is 9.55 Å². The van der Waals surface area contributed by atoms with Crippen molar-refractivity contribution >= 4 is 22.8 Å². The van der Waals surface area contributed by atoms with Crippen LogP contribution >= 0.6 is 0 Å². The zero-order chi connectivity index (χ0) is 21.0. The number of pyridine rings is 2. The van der Waals surface area contributed by atoms with E-state index in [9.17, 15) is 14.4 Å². The Hall–Kier alpha value is -3.48. The van der Waals surface area contributed by atoms with Gasteiger partial charge in [0.25, 0.3) is 5.56 Å². The summed E-state index contributed by atoms with van der Waals surface area (Å²) in [6, 6.07) is 11.6. The Morgan fingerprint density at radius 1 is 1.23 bits per heavy atom. The minimum atomic E-state index is -1.62. The van der Waals surface area contributed by atoms with Crippen molar-refractivity contribution in [2.45, 2.75) is 45.4 Å². The van der Waals surface area contributed by atoms with Gasteiger partial charge < -0.3 is 14.0 Å². The van der Waals surface area contributed by atoms with Crippen LogP contribution in [0.4, 0.5) is 0 Å². The second-order valence-corrected chi connectivity index (χ2v) is 7.59. The van der Waals surface area contributed by atoms with Gasteiger partial charge >= 0.3 is 11.9 Å². The number of fused-ring (bicyclic) bond motifs is 5. The lowest BCUT2D eigenvalue weighted by molar-refractivity contribution is -0.189. The molecule has 0 saturated heterocycles. The van der Waals surface area contributed by atoms with Gasteiger partial charge in [-0.1, -0.05) is 32.0 Å². The van der Waals surface area contributed by atoms with Gasteiger partial charge in [0.15, 0.2) is 0 Å². The molecule has 2 aliphatic heterocycles. The van der Waals surface area contributed by atoms with E-state index in [4.69, 9.17) is 14.5 Å². The Labute approximate surface area is 172 Å². The topological polar surface area (TPSA) is 87.5 Å². The van der Waals surface area contributed by atoms with Gasteiger partial charge in [-0.25, -0.2) is 9.78 Å². The number of hydrogen-bond acceptors (Lipinski definition) is 6. The van der Waals surface area contributed by atoms with Crippen molar-refractivity contribution in [1.29, 1.82) is 0 Å². The first-order valence-corrected chi connectivity index (χ1v) is 10.0. The van der Waals surface area contributed by atoms with Crippen LogP contribution in [-0.2, 0) is 37.8 Å². The number of aromatic nitrogens is 2. The van der Waals surface area contributed by atoms with E-state index in [1.54, 1.807) is 24.5 Å². The van der Waals surface area contributed by atoms with Crippen molar-refractivity contribution in [2.24, 2.45) is 0 Å². The quantitative estimate of drug-likeness (QED) is 0.488.